The number of fused-ring (bicyclic) bond motifs is 1. The Morgan fingerprint density at radius 2 is 1.82 bits per heavy atom. The van der Waals surface area contributed by atoms with Crippen molar-refractivity contribution < 1.29 is 4.79 Å². The molecule has 0 bridgehead atoms. The quantitative estimate of drug-likeness (QED) is 0.563. The van der Waals surface area contributed by atoms with Gasteiger partial charge in [-0.15, -0.1) is 0 Å². The molecule has 0 radical (unpaired) electrons. The molecule has 0 spiro atoms. The molecular formula is C21H23N3O2S2. The summed E-state index contributed by atoms with van der Waals surface area (Å²) in [6.07, 6.45) is 3.99. The number of hydrogen-bond donors (Lipinski definition) is 0. The summed E-state index contributed by atoms with van der Waals surface area (Å²) in [6.45, 7) is 6.86. The third kappa shape index (κ3) is 3.06. The molecule has 4 rings (SSSR count). The van der Waals surface area contributed by atoms with E-state index < -0.39 is 0 Å². The number of carbonyl (C=O) groups excluding carboxylic acids is 1. The van der Waals surface area contributed by atoms with Crippen molar-refractivity contribution in [2.45, 2.75) is 33.2 Å². The highest BCUT2D eigenvalue weighted by Crippen LogP contribution is 2.36. The van der Waals surface area contributed by atoms with E-state index in [2.05, 4.69) is 11.0 Å². The number of amides is 1. The van der Waals surface area contributed by atoms with Crippen molar-refractivity contribution in [1.29, 1.82) is 0 Å². The van der Waals surface area contributed by atoms with Crippen LogP contribution in [-0.2, 0) is 11.3 Å². The number of thiocarbonyl (C=S) groups is 1. The van der Waals surface area contributed by atoms with Crippen molar-refractivity contribution in [3.8, 4) is 0 Å². The standard InChI is InChI=1S/C21H23N3O2S2/c1-3-23-16-10-6-5-9-14(16)18(22-11-7-8-12-22)15(19(23)25)13-17-20(26)24(4-2)21(27)28-17/h5-6,9-10,13H,3-4,7-8,11-12H2,1-2H3. The maximum absolute atomic E-state index is 13.4. The van der Waals surface area contributed by atoms with E-state index in [0.29, 0.717) is 27.9 Å². The number of likely N-dealkylation sites (N-methyl/N-ethyl adjacent to an activating group) is 1. The molecule has 2 aliphatic heterocycles. The van der Waals surface area contributed by atoms with Crippen molar-refractivity contribution in [3.05, 3.63) is 45.1 Å². The Morgan fingerprint density at radius 1 is 1.11 bits per heavy atom. The number of para-hydroxylation sites is 1. The SMILES string of the molecule is CCN1C(=O)C(=Cc2c(N3CCCC3)c3ccccc3n(CC)c2=O)SC1=S. The van der Waals surface area contributed by atoms with Crippen LogP contribution in [-0.4, -0.2) is 39.3 Å². The Morgan fingerprint density at radius 3 is 2.46 bits per heavy atom. The molecular weight excluding hydrogens is 390 g/mol. The molecule has 1 amide bonds. The second-order valence-electron chi connectivity index (χ2n) is 6.95. The molecule has 5 nitrogen and oxygen atoms in total. The van der Waals surface area contributed by atoms with Crippen molar-refractivity contribution in [2.24, 2.45) is 0 Å². The number of hydrogen-bond acceptors (Lipinski definition) is 5. The first-order valence-corrected chi connectivity index (χ1v) is 10.9. The minimum Gasteiger partial charge on any atom is -0.370 e. The van der Waals surface area contributed by atoms with Gasteiger partial charge >= 0.3 is 0 Å². The molecule has 0 saturated carbocycles. The number of aromatic nitrogens is 1. The van der Waals surface area contributed by atoms with Gasteiger partial charge in [0.1, 0.15) is 4.32 Å². The summed E-state index contributed by atoms with van der Waals surface area (Å²) >= 11 is 6.62. The maximum Gasteiger partial charge on any atom is 0.266 e. The summed E-state index contributed by atoms with van der Waals surface area (Å²) in [5, 5.41) is 1.06. The van der Waals surface area contributed by atoms with E-state index in [0.717, 1.165) is 42.5 Å². The fourth-order valence-electron chi connectivity index (χ4n) is 4.04. The van der Waals surface area contributed by atoms with Crippen LogP contribution < -0.4 is 10.5 Å². The lowest BCUT2D eigenvalue weighted by Crippen LogP contribution is -2.29. The number of pyridine rings is 1. The molecule has 0 aliphatic carbocycles. The fraction of sp³-hybridized carbons (Fsp3) is 0.381. The molecule has 2 saturated heterocycles. The molecule has 0 N–H and O–H groups in total. The Labute approximate surface area is 174 Å². The summed E-state index contributed by atoms with van der Waals surface area (Å²) in [4.78, 5) is 30.6. The molecule has 0 atom stereocenters. The van der Waals surface area contributed by atoms with Crippen LogP contribution in [0.15, 0.2) is 34.0 Å². The topological polar surface area (TPSA) is 45.6 Å². The highest BCUT2D eigenvalue weighted by Gasteiger charge is 2.32. The first-order valence-electron chi connectivity index (χ1n) is 9.72. The van der Waals surface area contributed by atoms with E-state index in [9.17, 15) is 9.59 Å². The second kappa shape index (κ2) is 7.72. The third-order valence-electron chi connectivity index (χ3n) is 5.38. The van der Waals surface area contributed by atoms with Crippen LogP contribution in [0.2, 0.25) is 0 Å². The van der Waals surface area contributed by atoms with Gasteiger partial charge in [0.2, 0.25) is 0 Å². The monoisotopic (exact) mass is 413 g/mol. The summed E-state index contributed by atoms with van der Waals surface area (Å²) in [5.41, 5.74) is 2.43. The summed E-state index contributed by atoms with van der Waals surface area (Å²) in [6, 6.07) is 8.05. The van der Waals surface area contributed by atoms with Gasteiger partial charge in [-0.3, -0.25) is 14.5 Å². The summed E-state index contributed by atoms with van der Waals surface area (Å²) in [7, 11) is 0. The Balaban J connectivity index is 2.00. The minimum absolute atomic E-state index is 0.0510. The van der Waals surface area contributed by atoms with Crippen molar-refractivity contribution in [3.63, 3.8) is 0 Å². The summed E-state index contributed by atoms with van der Waals surface area (Å²) < 4.78 is 2.35. The van der Waals surface area contributed by atoms with Gasteiger partial charge in [0.15, 0.2) is 0 Å². The van der Waals surface area contributed by atoms with Crippen LogP contribution in [0.5, 0.6) is 0 Å². The molecule has 2 fully saturated rings. The van der Waals surface area contributed by atoms with Gasteiger partial charge in [-0.25, -0.2) is 0 Å². The third-order valence-corrected chi connectivity index (χ3v) is 6.76. The van der Waals surface area contributed by atoms with Crippen LogP contribution in [0.25, 0.3) is 17.0 Å². The average Bonchev–Trinajstić information content (AvgIpc) is 3.31. The lowest BCUT2D eigenvalue weighted by Gasteiger charge is -2.24. The van der Waals surface area contributed by atoms with Gasteiger partial charge in [0.25, 0.3) is 11.5 Å². The van der Waals surface area contributed by atoms with Crippen molar-refractivity contribution in [2.75, 3.05) is 24.5 Å². The molecule has 0 unspecified atom stereocenters. The lowest BCUT2D eigenvalue weighted by atomic mass is 10.1. The maximum atomic E-state index is 13.4. The number of aryl methyl sites for hydroxylation is 1. The first kappa shape index (κ1) is 19.2. The van der Waals surface area contributed by atoms with E-state index >= 15 is 0 Å². The van der Waals surface area contributed by atoms with Gasteiger partial charge in [-0.2, -0.15) is 0 Å². The normalized spacial score (nSPS) is 18.9. The number of rotatable bonds is 4. The van der Waals surface area contributed by atoms with E-state index in [-0.39, 0.29) is 11.5 Å². The number of carbonyl (C=O) groups is 1. The van der Waals surface area contributed by atoms with Crippen molar-refractivity contribution in [1.82, 2.24) is 9.47 Å². The van der Waals surface area contributed by atoms with Crippen LogP contribution >= 0.6 is 24.0 Å². The Kier molecular flexibility index (Phi) is 5.29. The zero-order valence-corrected chi connectivity index (χ0v) is 17.7. The van der Waals surface area contributed by atoms with E-state index in [4.69, 9.17) is 12.2 Å². The molecule has 28 heavy (non-hydrogen) atoms. The van der Waals surface area contributed by atoms with Gasteiger partial charge in [-0.1, -0.05) is 42.2 Å². The largest absolute Gasteiger partial charge is 0.370 e. The summed E-state index contributed by atoms with van der Waals surface area (Å²) in [5.74, 6) is -0.111. The van der Waals surface area contributed by atoms with Gasteiger partial charge in [-0.05, 0) is 38.8 Å². The second-order valence-corrected chi connectivity index (χ2v) is 8.62. The fourth-order valence-corrected chi connectivity index (χ4v) is 5.41. The smallest absolute Gasteiger partial charge is 0.266 e. The molecule has 3 heterocycles. The minimum atomic E-state index is -0.111. The van der Waals surface area contributed by atoms with Crippen LogP contribution in [0, 0.1) is 0 Å². The van der Waals surface area contributed by atoms with E-state index in [1.54, 1.807) is 15.5 Å². The zero-order chi connectivity index (χ0) is 19.8. The molecule has 1 aromatic carbocycles. The van der Waals surface area contributed by atoms with Crippen LogP contribution in [0.3, 0.4) is 0 Å². The highest BCUT2D eigenvalue weighted by atomic mass is 32.2. The van der Waals surface area contributed by atoms with Gasteiger partial charge in [0, 0.05) is 31.6 Å². The highest BCUT2D eigenvalue weighted by molar-refractivity contribution is 8.26. The van der Waals surface area contributed by atoms with E-state index in [1.165, 1.54) is 11.8 Å². The number of anilines is 1. The molecule has 1 aromatic heterocycles. The molecule has 2 aromatic rings. The predicted octanol–water partition coefficient (Wildman–Crippen LogP) is 3.84. The van der Waals surface area contributed by atoms with E-state index in [1.807, 2.05) is 32.0 Å². The van der Waals surface area contributed by atoms with Gasteiger partial charge < -0.3 is 9.47 Å². The molecule has 7 heteroatoms. The number of thioether (sulfide) groups is 1. The van der Waals surface area contributed by atoms with Crippen LogP contribution in [0.1, 0.15) is 32.3 Å². The number of benzene rings is 1. The molecule has 146 valence electrons. The molecule has 2 aliphatic rings. The Bertz CT molecular complexity index is 1050. The van der Waals surface area contributed by atoms with Crippen LogP contribution in [0.4, 0.5) is 5.69 Å². The average molecular weight is 414 g/mol. The Hall–Kier alpha value is -2.12. The first-order chi connectivity index (χ1) is 13.6. The van der Waals surface area contributed by atoms with Crippen molar-refractivity contribution >= 4 is 56.9 Å². The lowest BCUT2D eigenvalue weighted by molar-refractivity contribution is -0.121. The van der Waals surface area contributed by atoms with Gasteiger partial charge in [0.05, 0.1) is 21.7 Å². The number of nitrogens with zero attached hydrogens (tertiary/aromatic N) is 3. The predicted molar refractivity (Wildman–Crippen MR) is 121 cm³/mol. The zero-order valence-electron chi connectivity index (χ0n) is 16.1.